The zero-order chi connectivity index (χ0) is 29.1. The number of methoxy groups -OCH3 is 1. The first-order valence-electron chi connectivity index (χ1n) is 12.2. The van der Waals surface area contributed by atoms with Crippen molar-refractivity contribution in [1.29, 1.82) is 5.26 Å². The van der Waals surface area contributed by atoms with Gasteiger partial charge >= 0.3 is 5.97 Å². The third-order valence-corrected chi connectivity index (χ3v) is 6.93. The van der Waals surface area contributed by atoms with E-state index in [0.717, 1.165) is 11.1 Å². The van der Waals surface area contributed by atoms with Crippen LogP contribution in [0.1, 0.15) is 33.0 Å². The molecule has 0 fully saturated rings. The number of halogens is 3. The summed E-state index contributed by atoms with van der Waals surface area (Å²) in [5.74, 6) is -0.220. The number of rotatable bonds is 7. The lowest BCUT2D eigenvalue weighted by Crippen LogP contribution is -2.21. The molecule has 1 heterocycles. The number of fused-ring (bicyclic) bond motifs is 1. The number of esters is 1. The Kier molecular flexibility index (Phi) is 8.02. The van der Waals surface area contributed by atoms with Crippen LogP contribution >= 0.6 is 23.2 Å². The van der Waals surface area contributed by atoms with Gasteiger partial charge in [0.2, 0.25) is 5.88 Å². The summed E-state index contributed by atoms with van der Waals surface area (Å²) in [6.07, 6.45) is 0. The van der Waals surface area contributed by atoms with Gasteiger partial charge in [0, 0.05) is 11.6 Å². The van der Waals surface area contributed by atoms with E-state index in [9.17, 15) is 14.4 Å². The molecule has 2 N–H and O–H groups in total. The van der Waals surface area contributed by atoms with E-state index in [4.69, 9.17) is 47.9 Å². The van der Waals surface area contributed by atoms with Crippen molar-refractivity contribution in [3.8, 4) is 29.1 Å². The summed E-state index contributed by atoms with van der Waals surface area (Å²) >= 11 is 12.3. The standard InChI is InChI=1S/C31H21Cl2FN2O5/c1-38-29-25(32)12-19(13-26(29)33)31(37)40-22-10-11-23-27(14-22)41-30(36)24(15-35)28(23)18-4-8-21(9-5-18)39-16-17-2-6-20(34)7-3-17/h2-14,28H,16,36H2,1H3. The predicted molar refractivity (Wildman–Crippen MR) is 151 cm³/mol. The normalized spacial score (nSPS) is 14.0. The monoisotopic (exact) mass is 590 g/mol. The largest absolute Gasteiger partial charge is 0.494 e. The highest BCUT2D eigenvalue weighted by atomic mass is 35.5. The van der Waals surface area contributed by atoms with Gasteiger partial charge in [-0.2, -0.15) is 5.26 Å². The molecule has 0 aromatic heterocycles. The molecule has 206 valence electrons. The lowest BCUT2D eigenvalue weighted by molar-refractivity contribution is 0.0734. The minimum Gasteiger partial charge on any atom is -0.494 e. The zero-order valence-corrected chi connectivity index (χ0v) is 23.0. The maximum Gasteiger partial charge on any atom is 0.343 e. The van der Waals surface area contributed by atoms with Crippen molar-refractivity contribution >= 4 is 29.2 Å². The highest BCUT2D eigenvalue weighted by Gasteiger charge is 2.31. The lowest BCUT2D eigenvalue weighted by atomic mass is 9.83. The maximum atomic E-state index is 13.1. The minimum atomic E-state index is -0.693. The summed E-state index contributed by atoms with van der Waals surface area (Å²) in [7, 11) is 1.42. The molecule has 1 aliphatic rings. The van der Waals surface area contributed by atoms with Gasteiger partial charge in [-0.05, 0) is 53.6 Å². The van der Waals surface area contributed by atoms with E-state index in [1.807, 2.05) is 12.1 Å². The van der Waals surface area contributed by atoms with E-state index >= 15 is 0 Å². The number of nitriles is 1. The molecule has 1 unspecified atom stereocenters. The van der Waals surface area contributed by atoms with Crippen LogP contribution < -0.4 is 24.7 Å². The number of allylic oxidation sites excluding steroid dienone is 1. The molecule has 41 heavy (non-hydrogen) atoms. The summed E-state index contributed by atoms with van der Waals surface area (Å²) in [4.78, 5) is 12.8. The van der Waals surface area contributed by atoms with Crippen LogP contribution in [0.15, 0.2) is 90.3 Å². The van der Waals surface area contributed by atoms with Gasteiger partial charge in [0.05, 0.1) is 28.6 Å². The number of hydrogen-bond donors (Lipinski definition) is 1. The first-order chi connectivity index (χ1) is 19.8. The quantitative estimate of drug-likeness (QED) is 0.180. The molecule has 0 saturated carbocycles. The molecule has 0 aliphatic carbocycles. The zero-order valence-electron chi connectivity index (χ0n) is 21.5. The summed E-state index contributed by atoms with van der Waals surface area (Å²) < 4.78 is 35.3. The van der Waals surface area contributed by atoms with Crippen LogP contribution in [0.2, 0.25) is 10.0 Å². The van der Waals surface area contributed by atoms with E-state index in [1.54, 1.807) is 36.4 Å². The third-order valence-electron chi connectivity index (χ3n) is 6.37. The molecular formula is C31H21Cl2FN2O5. The number of carbonyl (C=O) groups is 1. The van der Waals surface area contributed by atoms with Crippen molar-refractivity contribution in [3.63, 3.8) is 0 Å². The van der Waals surface area contributed by atoms with Crippen molar-refractivity contribution in [3.05, 3.63) is 128 Å². The molecule has 0 spiro atoms. The molecule has 10 heteroatoms. The second kappa shape index (κ2) is 11.8. The Balaban J connectivity index is 1.37. The van der Waals surface area contributed by atoms with Crippen LogP contribution in [0, 0.1) is 17.1 Å². The molecule has 0 amide bonds. The van der Waals surface area contributed by atoms with Gasteiger partial charge < -0.3 is 24.7 Å². The molecule has 0 radical (unpaired) electrons. The number of carbonyl (C=O) groups excluding carboxylic acids is 1. The fourth-order valence-electron chi connectivity index (χ4n) is 4.38. The van der Waals surface area contributed by atoms with E-state index in [0.29, 0.717) is 17.1 Å². The number of hydrogen-bond acceptors (Lipinski definition) is 7. The van der Waals surface area contributed by atoms with Gasteiger partial charge in [-0.3, -0.25) is 0 Å². The van der Waals surface area contributed by atoms with Crippen molar-refractivity contribution < 1.29 is 28.1 Å². The fourth-order valence-corrected chi connectivity index (χ4v) is 5.03. The SMILES string of the molecule is COc1c(Cl)cc(C(=O)Oc2ccc3c(c2)OC(N)=C(C#N)C3c2ccc(OCc3ccc(F)cc3)cc2)cc1Cl. The fraction of sp³-hybridized carbons (Fsp3) is 0.0968. The Hall–Kier alpha value is -4.71. The molecule has 4 aromatic carbocycles. The van der Waals surface area contributed by atoms with Crippen molar-refractivity contribution in [1.82, 2.24) is 0 Å². The van der Waals surface area contributed by atoms with Gasteiger partial charge in [-0.1, -0.05) is 53.5 Å². The lowest BCUT2D eigenvalue weighted by Gasteiger charge is -2.27. The molecule has 7 nitrogen and oxygen atoms in total. The Bertz CT molecular complexity index is 1680. The molecule has 0 bridgehead atoms. The van der Waals surface area contributed by atoms with Crippen molar-refractivity contribution in [2.75, 3.05) is 7.11 Å². The first-order valence-corrected chi connectivity index (χ1v) is 13.0. The van der Waals surface area contributed by atoms with E-state index < -0.39 is 11.9 Å². The molecule has 5 rings (SSSR count). The highest BCUT2D eigenvalue weighted by Crippen LogP contribution is 2.44. The van der Waals surface area contributed by atoms with Crippen LogP contribution in [0.4, 0.5) is 4.39 Å². The van der Waals surface area contributed by atoms with Crippen molar-refractivity contribution in [2.45, 2.75) is 12.5 Å². The van der Waals surface area contributed by atoms with Gasteiger partial charge in [0.25, 0.3) is 0 Å². The van der Waals surface area contributed by atoms with Gasteiger partial charge in [-0.25, -0.2) is 9.18 Å². The van der Waals surface area contributed by atoms with Gasteiger partial charge in [-0.15, -0.1) is 0 Å². The summed E-state index contributed by atoms with van der Waals surface area (Å²) in [5.41, 5.74) is 8.75. The number of nitrogens with zero attached hydrogens (tertiary/aromatic N) is 1. The molecule has 0 saturated heterocycles. The second-order valence-electron chi connectivity index (χ2n) is 8.97. The highest BCUT2D eigenvalue weighted by molar-refractivity contribution is 6.37. The van der Waals surface area contributed by atoms with E-state index in [2.05, 4.69) is 6.07 Å². The minimum absolute atomic E-state index is 0.0566. The number of ether oxygens (including phenoxy) is 4. The van der Waals surface area contributed by atoms with Crippen molar-refractivity contribution in [2.24, 2.45) is 5.73 Å². The maximum absolute atomic E-state index is 13.1. The smallest absolute Gasteiger partial charge is 0.343 e. The average molecular weight is 591 g/mol. The summed E-state index contributed by atoms with van der Waals surface area (Å²) in [6, 6.07) is 23.0. The Morgan fingerprint density at radius 1 is 1.00 bits per heavy atom. The predicted octanol–water partition coefficient (Wildman–Crippen LogP) is 7.16. The molecule has 1 atom stereocenters. The second-order valence-corrected chi connectivity index (χ2v) is 9.79. The number of benzene rings is 4. The number of nitrogens with two attached hydrogens (primary N) is 1. The van der Waals surface area contributed by atoms with Gasteiger partial charge in [0.15, 0.2) is 5.75 Å². The van der Waals surface area contributed by atoms with E-state index in [1.165, 1.54) is 37.4 Å². The molecule has 4 aromatic rings. The van der Waals surface area contributed by atoms with Crippen LogP contribution in [-0.4, -0.2) is 13.1 Å². The van der Waals surface area contributed by atoms with Gasteiger partial charge in [0.1, 0.15) is 41.3 Å². The summed E-state index contributed by atoms with van der Waals surface area (Å²) in [6.45, 7) is 0.270. The first kappa shape index (κ1) is 27.8. The topological polar surface area (TPSA) is 104 Å². The van der Waals surface area contributed by atoms with Crippen LogP contribution in [0.25, 0.3) is 0 Å². The van der Waals surface area contributed by atoms with E-state index in [-0.39, 0.29) is 51.0 Å². The average Bonchev–Trinajstić information content (AvgIpc) is 2.96. The Labute approximate surface area is 245 Å². The molecule has 1 aliphatic heterocycles. The molecular weight excluding hydrogens is 570 g/mol. The Morgan fingerprint density at radius 2 is 1.66 bits per heavy atom. The third kappa shape index (κ3) is 5.92. The van der Waals surface area contributed by atoms with Crippen LogP contribution in [0.5, 0.6) is 23.0 Å². The Morgan fingerprint density at radius 3 is 2.29 bits per heavy atom. The van der Waals surface area contributed by atoms with Crippen LogP contribution in [-0.2, 0) is 6.61 Å². The summed E-state index contributed by atoms with van der Waals surface area (Å²) in [5, 5.41) is 10.2. The van der Waals surface area contributed by atoms with Crippen LogP contribution in [0.3, 0.4) is 0 Å².